The van der Waals surface area contributed by atoms with Gasteiger partial charge in [-0.3, -0.25) is 15.0 Å². The lowest BCUT2D eigenvalue weighted by atomic mass is 10.1. The predicted octanol–water partition coefficient (Wildman–Crippen LogP) is 0.115. The normalized spacial score (nSPS) is 16.6. The van der Waals surface area contributed by atoms with Gasteiger partial charge in [0.1, 0.15) is 17.5 Å². The summed E-state index contributed by atoms with van der Waals surface area (Å²) in [5, 5.41) is 6.62. The van der Waals surface area contributed by atoms with Gasteiger partial charge in [0.2, 0.25) is 11.7 Å². The molecule has 7 heteroatoms. The van der Waals surface area contributed by atoms with Crippen LogP contribution in [0.2, 0.25) is 0 Å². The summed E-state index contributed by atoms with van der Waals surface area (Å²) in [5.41, 5.74) is 2.99. The second kappa shape index (κ2) is 8.14. The number of hydrogen-bond donors (Lipinski definition) is 2. The van der Waals surface area contributed by atoms with Gasteiger partial charge in [0.15, 0.2) is 6.61 Å². The fourth-order valence-corrected chi connectivity index (χ4v) is 1.92. The van der Waals surface area contributed by atoms with E-state index in [1.807, 2.05) is 18.2 Å². The number of hydrogen-bond acceptors (Lipinski definition) is 6. The Morgan fingerprint density at radius 2 is 2.14 bits per heavy atom. The van der Waals surface area contributed by atoms with Crippen molar-refractivity contribution in [2.24, 2.45) is 5.10 Å². The molecule has 0 saturated carbocycles. The summed E-state index contributed by atoms with van der Waals surface area (Å²) in [6.45, 7) is 0.770. The van der Waals surface area contributed by atoms with Crippen molar-refractivity contribution in [1.82, 2.24) is 10.7 Å². The number of nitrogens with one attached hydrogen (secondary N) is 2. The van der Waals surface area contributed by atoms with Gasteiger partial charge in [0, 0.05) is 20.1 Å². The minimum Gasteiger partial charge on any atom is -0.485 e. The van der Waals surface area contributed by atoms with Crippen LogP contribution >= 0.6 is 0 Å². The van der Waals surface area contributed by atoms with Crippen molar-refractivity contribution in [3.8, 4) is 5.75 Å². The summed E-state index contributed by atoms with van der Waals surface area (Å²) < 4.78 is 10.2. The van der Waals surface area contributed by atoms with Gasteiger partial charge in [0.05, 0.1) is 6.61 Å². The summed E-state index contributed by atoms with van der Waals surface area (Å²) in [6, 6.07) is 8.55. The largest absolute Gasteiger partial charge is 0.485 e. The molecular formula is C15H19N3O4. The molecule has 1 aromatic carbocycles. The Morgan fingerprint density at radius 3 is 2.86 bits per heavy atom. The minimum absolute atomic E-state index is 0.0947. The van der Waals surface area contributed by atoms with E-state index in [0.29, 0.717) is 24.6 Å². The van der Waals surface area contributed by atoms with Crippen LogP contribution in [0.4, 0.5) is 0 Å². The van der Waals surface area contributed by atoms with Crippen LogP contribution in [0.25, 0.3) is 0 Å². The number of methoxy groups -OCH3 is 1. The molecule has 1 aliphatic rings. The highest BCUT2D eigenvalue weighted by atomic mass is 16.5. The number of benzene rings is 1. The van der Waals surface area contributed by atoms with Crippen LogP contribution in [-0.4, -0.2) is 50.3 Å². The van der Waals surface area contributed by atoms with E-state index >= 15 is 0 Å². The Kier molecular flexibility index (Phi) is 5.91. The van der Waals surface area contributed by atoms with Crippen LogP contribution in [0.1, 0.15) is 6.42 Å². The van der Waals surface area contributed by atoms with Gasteiger partial charge in [-0.1, -0.05) is 18.2 Å². The minimum atomic E-state index is -0.521. The first-order chi connectivity index (χ1) is 10.7. The summed E-state index contributed by atoms with van der Waals surface area (Å²) in [4.78, 5) is 23.8. The molecule has 7 nitrogen and oxygen atoms in total. The topological polar surface area (TPSA) is 89.0 Å². The first kappa shape index (κ1) is 16.0. The summed E-state index contributed by atoms with van der Waals surface area (Å²) in [6.07, 6.45) is 0.260. The molecule has 0 fully saturated rings. The van der Waals surface area contributed by atoms with Gasteiger partial charge >= 0.3 is 0 Å². The number of carbonyl (C=O) groups excluding carboxylic acids is 2. The van der Waals surface area contributed by atoms with Crippen LogP contribution < -0.4 is 15.5 Å². The van der Waals surface area contributed by atoms with E-state index in [9.17, 15) is 9.59 Å². The molecule has 1 unspecified atom stereocenters. The third-order valence-corrected chi connectivity index (χ3v) is 3.11. The lowest BCUT2D eigenvalue weighted by Gasteiger charge is -2.10. The van der Waals surface area contributed by atoms with Crippen molar-refractivity contribution >= 4 is 17.4 Å². The Bertz CT molecular complexity index is 545. The van der Waals surface area contributed by atoms with E-state index in [0.717, 1.165) is 0 Å². The molecule has 1 heterocycles. The Hall–Kier alpha value is -2.41. The molecule has 0 saturated heterocycles. The molecular weight excluding hydrogens is 286 g/mol. The fraction of sp³-hybridized carbons (Fsp3) is 0.400. The Balaban J connectivity index is 1.75. The van der Waals surface area contributed by atoms with E-state index in [4.69, 9.17) is 9.47 Å². The molecule has 0 aromatic heterocycles. The first-order valence-electron chi connectivity index (χ1n) is 7.00. The lowest BCUT2D eigenvalue weighted by Crippen LogP contribution is -2.41. The maximum Gasteiger partial charge on any atom is 0.244 e. The number of ether oxygens (including phenoxy) is 2. The summed E-state index contributed by atoms with van der Waals surface area (Å²) in [7, 11) is 1.56. The molecule has 0 aliphatic carbocycles. The summed E-state index contributed by atoms with van der Waals surface area (Å²) in [5.74, 6) is 0.187. The molecule has 1 amide bonds. The second-order valence-electron chi connectivity index (χ2n) is 4.75. The molecule has 0 radical (unpaired) electrons. The molecule has 118 valence electrons. The highest BCUT2D eigenvalue weighted by Crippen LogP contribution is 2.10. The smallest absolute Gasteiger partial charge is 0.244 e. The highest BCUT2D eigenvalue weighted by Gasteiger charge is 2.28. The van der Waals surface area contributed by atoms with Crippen molar-refractivity contribution in [3.63, 3.8) is 0 Å². The van der Waals surface area contributed by atoms with E-state index in [2.05, 4.69) is 15.8 Å². The molecule has 1 aromatic rings. The number of ketones is 1. The average Bonchev–Trinajstić information content (AvgIpc) is 3.04. The molecule has 2 N–H and O–H groups in total. The first-order valence-corrected chi connectivity index (χ1v) is 7.00. The zero-order chi connectivity index (χ0) is 15.8. The maximum absolute atomic E-state index is 12.0. The molecule has 2 rings (SSSR count). The number of nitrogens with zero attached hydrogens (tertiary/aromatic N) is 1. The van der Waals surface area contributed by atoms with Crippen LogP contribution in [0, 0.1) is 0 Å². The zero-order valence-electron chi connectivity index (χ0n) is 12.4. The second-order valence-corrected chi connectivity index (χ2v) is 4.75. The predicted molar refractivity (Wildman–Crippen MR) is 80.8 cm³/mol. The summed E-state index contributed by atoms with van der Waals surface area (Å²) >= 11 is 0. The van der Waals surface area contributed by atoms with Crippen molar-refractivity contribution < 1.29 is 19.1 Å². The zero-order valence-corrected chi connectivity index (χ0v) is 12.4. The van der Waals surface area contributed by atoms with E-state index in [1.54, 1.807) is 19.2 Å². The van der Waals surface area contributed by atoms with Crippen LogP contribution in [-0.2, 0) is 14.3 Å². The molecule has 1 aliphatic heterocycles. The fourth-order valence-electron chi connectivity index (χ4n) is 1.92. The van der Waals surface area contributed by atoms with Crippen LogP contribution in [0.5, 0.6) is 5.75 Å². The lowest BCUT2D eigenvalue weighted by molar-refractivity contribution is -0.122. The third-order valence-electron chi connectivity index (χ3n) is 3.11. The Morgan fingerprint density at radius 1 is 1.36 bits per heavy atom. The van der Waals surface area contributed by atoms with Gasteiger partial charge in [-0.05, 0) is 12.1 Å². The van der Waals surface area contributed by atoms with Gasteiger partial charge in [-0.25, -0.2) is 0 Å². The number of rotatable bonds is 8. The molecule has 0 bridgehead atoms. The van der Waals surface area contributed by atoms with Crippen molar-refractivity contribution in [3.05, 3.63) is 30.3 Å². The van der Waals surface area contributed by atoms with Gasteiger partial charge < -0.3 is 14.8 Å². The van der Waals surface area contributed by atoms with Gasteiger partial charge in [-0.15, -0.1) is 0 Å². The number of carbonyl (C=O) groups is 2. The molecule has 22 heavy (non-hydrogen) atoms. The monoisotopic (exact) mass is 305 g/mol. The van der Waals surface area contributed by atoms with Crippen molar-refractivity contribution in [1.29, 1.82) is 0 Å². The number of Topliss-reactive ketones (excluding diaryl/α,β-unsaturated/α-hetero) is 1. The van der Waals surface area contributed by atoms with Gasteiger partial charge in [-0.2, -0.15) is 5.10 Å². The van der Waals surface area contributed by atoms with E-state index in [-0.39, 0.29) is 24.7 Å². The number of para-hydroxylation sites is 1. The maximum atomic E-state index is 12.0. The average molecular weight is 305 g/mol. The molecule has 0 spiro atoms. The van der Waals surface area contributed by atoms with Crippen LogP contribution in [0.15, 0.2) is 35.4 Å². The molecule has 1 atom stereocenters. The SMILES string of the molecule is COCCNC(=O)C1CC(C(=O)COc2ccccc2)=NN1. The van der Waals surface area contributed by atoms with Crippen molar-refractivity contribution in [2.45, 2.75) is 12.5 Å². The van der Waals surface area contributed by atoms with E-state index in [1.165, 1.54) is 0 Å². The number of hydrazone groups is 1. The van der Waals surface area contributed by atoms with Crippen LogP contribution in [0.3, 0.4) is 0 Å². The van der Waals surface area contributed by atoms with E-state index < -0.39 is 6.04 Å². The third kappa shape index (κ3) is 4.56. The number of amides is 1. The highest BCUT2D eigenvalue weighted by molar-refractivity contribution is 6.41. The van der Waals surface area contributed by atoms with Crippen molar-refractivity contribution in [2.75, 3.05) is 26.9 Å². The van der Waals surface area contributed by atoms with Gasteiger partial charge in [0.25, 0.3) is 0 Å². The standard InChI is InChI=1S/C15H19N3O4/c1-21-8-7-16-15(20)13-9-12(17-18-13)14(19)10-22-11-5-3-2-4-6-11/h2-6,13,18H,7-10H2,1H3,(H,16,20). The Labute approximate surface area is 128 Å². The quantitative estimate of drug-likeness (QED) is 0.666.